The lowest BCUT2D eigenvalue weighted by atomic mass is 10.0. The maximum absolute atomic E-state index is 6.01. The number of benzene rings is 1. The van der Waals surface area contributed by atoms with Gasteiger partial charge in [-0.3, -0.25) is 0 Å². The van der Waals surface area contributed by atoms with E-state index in [1.165, 1.54) is 4.90 Å². The van der Waals surface area contributed by atoms with Crippen molar-refractivity contribution < 1.29 is 4.52 Å². The third kappa shape index (κ3) is 4.36. The molecule has 4 nitrogen and oxygen atoms in total. The molecule has 0 unspecified atom stereocenters. The van der Waals surface area contributed by atoms with Gasteiger partial charge >= 0.3 is 0 Å². The summed E-state index contributed by atoms with van der Waals surface area (Å²) in [5.74, 6) is 2.45. The van der Waals surface area contributed by atoms with Crippen molar-refractivity contribution in [1.82, 2.24) is 10.1 Å². The molecule has 0 saturated heterocycles. The van der Waals surface area contributed by atoms with Gasteiger partial charge in [0.05, 0.1) is 11.8 Å². The summed E-state index contributed by atoms with van der Waals surface area (Å²) in [6.07, 6.45) is 0.855. The van der Waals surface area contributed by atoms with Crippen LogP contribution >= 0.6 is 11.8 Å². The van der Waals surface area contributed by atoms with Gasteiger partial charge in [-0.05, 0) is 24.5 Å². The fourth-order valence-electron chi connectivity index (χ4n) is 1.75. The van der Waals surface area contributed by atoms with Gasteiger partial charge < -0.3 is 10.3 Å². The van der Waals surface area contributed by atoms with E-state index in [1.54, 1.807) is 11.8 Å². The number of hydrogen-bond acceptors (Lipinski definition) is 5. The van der Waals surface area contributed by atoms with Crippen molar-refractivity contribution >= 4 is 11.8 Å². The summed E-state index contributed by atoms with van der Waals surface area (Å²) in [5, 5.41) is 3.97. The molecular weight excluding hydrogens is 258 g/mol. The number of nitrogens with two attached hydrogens (primary N) is 1. The van der Waals surface area contributed by atoms with Crippen LogP contribution in [-0.4, -0.2) is 10.1 Å². The third-order valence-electron chi connectivity index (χ3n) is 2.64. The highest BCUT2D eigenvalue weighted by molar-refractivity contribution is 7.98. The highest BCUT2D eigenvalue weighted by atomic mass is 32.2. The average molecular weight is 277 g/mol. The predicted molar refractivity (Wildman–Crippen MR) is 76.7 cm³/mol. The molecule has 2 rings (SSSR count). The zero-order chi connectivity index (χ0) is 13.7. The maximum Gasteiger partial charge on any atom is 0.243 e. The molecule has 0 bridgehead atoms. The van der Waals surface area contributed by atoms with Gasteiger partial charge in [0.1, 0.15) is 0 Å². The van der Waals surface area contributed by atoms with Crippen LogP contribution in [0.5, 0.6) is 0 Å². The maximum atomic E-state index is 6.01. The van der Waals surface area contributed by atoms with Crippen molar-refractivity contribution in [2.45, 2.75) is 37.0 Å². The minimum absolute atomic E-state index is 0.164. The van der Waals surface area contributed by atoms with Crippen molar-refractivity contribution in [3.05, 3.63) is 42.0 Å². The lowest BCUT2D eigenvalue weighted by Crippen LogP contribution is -2.13. The van der Waals surface area contributed by atoms with Crippen LogP contribution in [0.1, 0.15) is 38.0 Å². The average Bonchev–Trinajstić information content (AvgIpc) is 2.86. The molecule has 0 aliphatic rings. The van der Waals surface area contributed by atoms with E-state index >= 15 is 0 Å². The first-order chi connectivity index (χ1) is 9.15. The monoisotopic (exact) mass is 277 g/mol. The molecule has 0 amide bonds. The summed E-state index contributed by atoms with van der Waals surface area (Å²) in [7, 11) is 0. The first kappa shape index (κ1) is 14.1. The molecule has 2 aromatic rings. The Hall–Kier alpha value is -1.33. The van der Waals surface area contributed by atoms with Gasteiger partial charge in [-0.15, -0.1) is 11.8 Å². The van der Waals surface area contributed by atoms with E-state index in [1.807, 2.05) is 18.2 Å². The van der Waals surface area contributed by atoms with E-state index in [2.05, 4.69) is 36.1 Å². The van der Waals surface area contributed by atoms with E-state index < -0.39 is 0 Å². The Balaban J connectivity index is 1.90. The molecule has 0 fully saturated rings. The molecule has 19 heavy (non-hydrogen) atoms. The Kier molecular flexibility index (Phi) is 4.99. The van der Waals surface area contributed by atoms with Gasteiger partial charge in [0, 0.05) is 4.90 Å². The molecule has 5 heteroatoms. The van der Waals surface area contributed by atoms with Crippen LogP contribution in [0.3, 0.4) is 0 Å². The summed E-state index contributed by atoms with van der Waals surface area (Å²) >= 11 is 1.69. The van der Waals surface area contributed by atoms with Crippen molar-refractivity contribution in [2.24, 2.45) is 11.7 Å². The molecule has 0 saturated carbocycles. The predicted octanol–water partition coefficient (Wildman–Crippen LogP) is 3.41. The molecule has 0 aliphatic carbocycles. The molecule has 1 aromatic heterocycles. The summed E-state index contributed by atoms with van der Waals surface area (Å²) in [4.78, 5) is 5.55. The number of nitrogens with zero attached hydrogens (tertiary/aromatic N) is 2. The summed E-state index contributed by atoms with van der Waals surface area (Å²) < 4.78 is 5.22. The lowest BCUT2D eigenvalue weighted by Gasteiger charge is -2.08. The minimum atomic E-state index is -0.164. The quantitative estimate of drug-likeness (QED) is 0.820. The Morgan fingerprint density at radius 1 is 1.26 bits per heavy atom. The van der Waals surface area contributed by atoms with Gasteiger partial charge in [-0.2, -0.15) is 4.98 Å². The SMILES string of the molecule is CC(C)C[C@@H](N)c1nc(CSc2ccccc2)no1. The van der Waals surface area contributed by atoms with Crippen molar-refractivity contribution in [3.63, 3.8) is 0 Å². The number of hydrogen-bond donors (Lipinski definition) is 1. The van der Waals surface area contributed by atoms with Crippen LogP contribution < -0.4 is 5.73 Å². The Labute approximate surface area is 117 Å². The van der Waals surface area contributed by atoms with E-state index in [4.69, 9.17) is 10.3 Å². The molecule has 0 radical (unpaired) electrons. The van der Waals surface area contributed by atoms with Crippen LogP contribution in [0.2, 0.25) is 0 Å². The number of aromatic nitrogens is 2. The third-order valence-corrected chi connectivity index (χ3v) is 3.65. The van der Waals surface area contributed by atoms with Gasteiger partial charge in [0.25, 0.3) is 0 Å². The zero-order valence-electron chi connectivity index (χ0n) is 11.2. The van der Waals surface area contributed by atoms with Crippen molar-refractivity contribution in [1.29, 1.82) is 0 Å². The van der Waals surface area contributed by atoms with E-state index in [0.717, 1.165) is 6.42 Å². The zero-order valence-corrected chi connectivity index (χ0v) is 12.1. The number of rotatable bonds is 6. The van der Waals surface area contributed by atoms with Crippen molar-refractivity contribution in [2.75, 3.05) is 0 Å². The summed E-state index contributed by atoms with van der Waals surface area (Å²) in [6.45, 7) is 4.25. The standard InChI is InChI=1S/C14H19N3OS/c1-10(2)8-12(15)14-16-13(17-18-14)9-19-11-6-4-3-5-7-11/h3-7,10,12H,8-9,15H2,1-2H3/t12-/m1/s1. The van der Waals surface area contributed by atoms with Crippen LogP contribution in [0.25, 0.3) is 0 Å². The number of thioether (sulfide) groups is 1. The Morgan fingerprint density at radius 2 is 2.00 bits per heavy atom. The highest BCUT2D eigenvalue weighted by Gasteiger charge is 2.16. The largest absolute Gasteiger partial charge is 0.338 e. The lowest BCUT2D eigenvalue weighted by molar-refractivity contribution is 0.333. The van der Waals surface area contributed by atoms with Gasteiger partial charge in [0.15, 0.2) is 5.82 Å². The fraction of sp³-hybridized carbons (Fsp3) is 0.429. The molecule has 1 aromatic carbocycles. The van der Waals surface area contributed by atoms with E-state index in [9.17, 15) is 0 Å². The van der Waals surface area contributed by atoms with Gasteiger partial charge in [-0.25, -0.2) is 0 Å². The van der Waals surface area contributed by atoms with Crippen LogP contribution in [-0.2, 0) is 5.75 Å². The summed E-state index contributed by atoms with van der Waals surface area (Å²) in [5.41, 5.74) is 6.01. The molecular formula is C14H19N3OS. The van der Waals surface area contributed by atoms with E-state index in [-0.39, 0.29) is 6.04 Å². The molecule has 2 N–H and O–H groups in total. The second-order valence-electron chi connectivity index (χ2n) is 4.89. The molecule has 1 heterocycles. The smallest absolute Gasteiger partial charge is 0.243 e. The van der Waals surface area contributed by atoms with Crippen molar-refractivity contribution in [3.8, 4) is 0 Å². The second-order valence-corrected chi connectivity index (χ2v) is 5.94. The van der Waals surface area contributed by atoms with E-state index in [0.29, 0.717) is 23.4 Å². The first-order valence-electron chi connectivity index (χ1n) is 6.41. The second kappa shape index (κ2) is 6.73. The highest BCUT2D eigenvalue weighted by Crippen LogP contribution is 2.22. The Bertz CT molecular complexity index is 498. The first-order valence-corrected chi connectivity index (χ1v) is 7.39. The van der Waals surface area contributed by atoms with Crippen LogP contribution in [0.15, 0.2) is 39.8 Å². The van der Waals surface area contributed by atoms with Crippen LogP contribution in [0.4, 0.5) is 0 Å². The fourth-order valence-corrected chi connectivity index (χ4v) is 2.51. The van der Waals surface area contributed by atoms with Crippen LogP contribution in [0, 0.1) is 5.92 Å². The Morgan fingerprint density at radius 3 is 2.68 bits per heavy atom. The molecule has 1 atom stereocenters. The topological polar surface area (TPSA) is 64.9 Å². The van der Waals surface area contributed by atoms with Gasteiger partial charge in [-0.1, -0.05) is 37.2 Å². The molecule has 102 valence electrons. The molecule has 0 aliphatic heterocycles. The molecule has 0 spiro atoms. The summed E-state index contributed by atoms with van der Waals surface area (Å²) in [6, 6.07) is 10.0. The normalized spacial score (nSPS) is 12.8. The van der Waals surface area contributed by atoms with Gasteiger partial charge in [0.2, 0.25) is 5.89 Å². The minimum Gasteiger partial charge on any atom is -0.338 e.